The molecule has 6 amide bonds. The van der Waals surface area contributed by atoms with E-state index < -0.39 is 95.8 Å². The van der Waals surface area contributed by atoms with Crippen LogP contribution in [-0.4, -0.2) is 144 Å². The molecule has 34 heteroatoms. The summed E-state index contributed by atoms with van der Waals surface area (Å²) in [5, 5.41) is 53.5. The average Bonchev–Trinajstić information content (AvgIpc) is 1.58. The van der Waals surface area contributed by atoms with E-state index in [1.807, 2.05) is 13.8 Å². The van der Waals surface area contributed by atoms with Gasteiger partial charge >= 0.3 is 24.0 Å². The molecule has 7 aromatic heterocycles. The van der Waals surface area contributed by atoms with E-state index >= 15 is 0 Å². The number of nitrogens with zero attached hydrogens (tertiary/aromatic N) is 8. The van der Waals surface area contributed by atoms with Crippen molar-refractivity contribution >= 4 is 127 Å². The minimum absolute atomic E-state index is 0.0200. The number of aliphatic hydroxyl groups is 1. The number of methoxy groups -OCH3 is 2. The number of aliphatic carboxylic acids is 2. The lowest BCUT2D eigenvalue weighted by Crippen LogP contribution is -2.41. The van der Waals surface area contributed by atoms with Crippen molar-refractivity contribution in [2.45, 2.75) is 135 Å². The molecule has 1 unspecified atom stereocenters. The molecule has 0 saturated heterocycles. The molecule has 10 rings (SSSR count). The van der Waals surface area contributed by atoms with Crippen molar-refractivity contribution in [1.29, 1.82) is 0 Å². The van der Waals surface area contributed by atoms with Crippen LogP contribution in [0.15, 0.2) is 64.0 Å². The van der Waals surface area contributed by atoms with Gasteiger partial charge in [-0.1, -0.05) is 50.6 Å². The summed E-state index contributed by atoms with van der Waals surface area (Å²) in [6.07, 6.45) is 0.123. The van der Waals surface area contributed by atoms with E-state index in [4.69, 9.17) is 49.1 Å². The number of fused-ring (bicyclic) bond motifs is 14. The summed E-state index contributed by atoms with van der Waals surface area (Å²) in [4.78, 5) is 157. The molecule has 8 aromatic rings. The summed E-state index contributed by atoms with van der Waals surface area (Å²) < 4.78 is 16.8. The summed E-state index contributed by atoms with van der Waals surface area (Å²) in [7, 11) is 4.23. The number of carboxylic acids is 2. The Hall–Kier alpha value is -8.90. The van der Waals surface area contributed by atoms with Gasteiger partial charge in [0.25, 0.3) is 17.7 Å². The molecular formula is C66H73N13O15S6. The Kier molecular flexibility index (Phi) is 24.7. The van der Waals surface area contributed by atoms with Gasteiger partial charge in [-0.15, -0.1) is 68.0 Å². The van der Waals surface area contributed by atoms with Gasteiger partial charge in [-0.2, -0.15) is 0 Å². The Labute approximate surface area is 597 Å². The third-order valence-electron chi connectivity index (χ3n) is 16.8. The van der Waals surface area contributed by atoms with Crippen molar-refractivity contribution in [1.82, 2.24) is 61.5 Å². The number of pyridine rings is 1. The van der Waals surface area contributed by atoms with Gasteiger partial charge in [-0.05, 0) is 81.9 Å². The Morgan fingerprint density at radius 2 is 1.36 bits per heavy atom. The lowest BCUT2D eigenvalue weighted by molar-refractivity contribution is -0.157. The second-order valence-electron chi connectivity index (χ2n) is 24.1. The number of amides is 6. The molecule has 0 spiro atoms. The first kappa shape index (κ1) is 73.8. The first-order chi connectivity index (χ1) is 48.0. The molecule has 8 heterocycles. The molecule has 28 nitrogen and oxygen atoms in total. The molecular weight excluding hydrogens is 1410 g/mol. The maximum Gasteiger partial charge on any atom is 0.415 e. The lowest BCUT2D eigenvalue weighted by atomic mass is 9.70. The van der Waals surface area contributed by atoms with Gasteiger partial charge in [0.2, 0.25) is 11.8 Å². The zero-order valence-corrected chi connectivity index (χ0v) is 60.1. The molecule has 10 bridgehead atoms. The van der Waals surface area contributed by atoms with Gasteiger partial charge in [-0.3, -0.25) is 43.3 Å². The molecule has 1 aliphatic carbocycles. The number of aliphatic hydroxyl groups excluding tert-OH is 1. The molecule has 1 aromatic carbocycles. The van der Waals surface area contributed by atoms with Crippen LogP contribution in [0.1, 0.15) is 177 Å². The van der Waals surface area contributed by atoms with Crippen LogP contribution in [0.5, 0.6) is 0 Å². The van der Waals surface area contributed by atoms with Crippen LogP contribution < -0.4 is 31.5 Å². The number of thiazole rings is 6. The largest absolute Gasteiger partial charge is 0.481 e. The van der Waals surface area contributed by atoms with E-state index in [9.17, 15) is 58.5 Å². The third kappa shape index (κ3) is 17.8. The minimum Gasteiger partial charge on any atom is -0.481 e. The number of carbonyl (C=O) groups is 9. The number of ether oxygens (including phenoxy) is 3. The van der Waals surface area contributed by atoms with Crippen LogP contribution in [0, 0.1) is 18.3 Å². The highest BCUT2D eigenvalue weighted by atomic mass is 32.1. The zero-order chi connectivity index (χ0) is 71.4. The van der Waals surface area contributed by atoms with Gasteiger partial charge in [-0.25, -0.2) is 39.7 Å². The SMILES string of the molecule is CNC(=O)C[C@@H]1NC(=O)c2csc(n2)-c2ccc(-c3nc(N(CCCCC(=O)O)C(=O)OC4CCC(CCCCC(=O)O)(C(=O)OC)CC4)cs3)nc2-c2csc(n2)-c2csc(n2)[C@H]([C@@H](O)c2ccccc2)NC(=O)CNC(=O)c2nc(sc2COC)C(C(C)C)NC(=O)c2nc1sc2C. The number of aromatic nitrogens is 7. The summed E-state index contributed by atoms with van der Waals surface area (Å²) in [6.45, 7) is 4.91. The standard InChI is InChI=1S/C66H73N13O15S6/c1-33(2)49-63-78-52(43(100-63)28-92-5)56(88)68-27-46(81)75-53(54(86)35-14-8-7-9-15-35)62-73-42(31-97-62)60-71-40(29-96-60)51-37(58-72-41(30-95-58)55(87)70-39(26-45(80)67-4)61-77-50(34(3)99-61)57(89)76-49)18-19-38(69-51)59-74-44(32-98-59)79(25-13-11-17-48(84)85)65(91)94-36-20-23-66(24-21-36,64(90)93-6)22-12-10-16-47(82)83/h7-9,14-15,18-19,29-33,36,39,49,53-54,86H,10-13,16-17,20-28H2,1-6H3,(H,67,80)(H,68,88)(H,70,87)(H,75,81)(H,76,89)(H,82,83)(H,84,85)/t36?,39-,49?,53-,54-,66?/m0/s1. The molecule has 1 aliphatic heterocycles. The number of carboxylic acid groups (broad SMARTS) is 2. The maximum absolute atomic E-state index is 14.5. The van der Waals surface area contributed by atoms with Gasteiger partial charge in [0.1, 0.15) is 88.3 Å². The molecule has 2 aliphatic rings. The second kappa shape index (κ2) is 33.5. The van der Waals surface area contributed by atoms with Gasteiger partial charge in [0.05, 0.1) is 54.8 Å². The number of hydrogen-bond donors (Lipinski definition) is 8. The predicted molar refractivity (Wildman–Crippen MR) is 375 cm³/mol. The Bertz CT molecular complexity index is 4290. The summed E-state index contributed by atoms with van der Waals surface area (Å²) in [5.74, 6) is -5.43. The highest BCUT2D eigenvalue weighted by molar-refractivity contribution is 7.15. The number of nitrogens with one attached hydrogen (secondary N) is 5. The molecule has 0 radical (unpaired) electrons. The number of carbonyl (C=O) groups excluding carboxylic acids is 7. The van der Waals surface area contributed by atoms with E-state index in [0.29, 0.717) is 114 Å². The van der Waals surface area contributed by atoms with Crippen molar-refractivity contribution in [2.75, 3.05) is 39.3 Å². The smallest absolute Gasteiger partial charge is 0.415 e. The number of benzene rings is 1. The average molecular weight is 1480 g/mol. The highest BCUT2D eigenvalue weighted by Gasteiger charge is 2.44. The van der Waals surface area contributed by atoms with Crippen LogP contribution >= 0.6 is 68.0 Å². The maximum atomic E-state index is 14.5. The zero-order valence-electron chi connectivity index (χ0n) is 55.2. The van der Waals surface area contributed by atoms with Crippen molar-refractivity contribution in [3.05, 3.63) is 111 Å². The van der Waals surface area contributed by atoms with E-state index in [0.717, 1.165) is 45.3 Å². The van der Waals surface area contributed by atoms with Crippen molar-refractivity contribution in [3.63, 3.8) is 0 Å². The lowest BCUT2D eigenvalue weighted by Gasteiger charge is -2.38. The Morgan fingerprint density at radius 1 is 0.680 bits per heavy atom. The number of anilines is 1. The number of esters is 1. The topological polar surface area (TPSA) is 396 Å². The van der Waals surface area contributed by atoms with Crippen LogP contribution in [0.2, 0.25) is 0 Å². The molecule has 8 N–H and O–H groups in total. The Morgan fingerprint density at radius 3 is 2.07 bits per heavy atom. The fourth-order valence-corrected chi connectivity index (χ4v) is 17.1. The van der Waals surface area contributed by atoms with E-state index in [1.54, 1.807) is 70.9 Å². The van der Waals surface area contributed by atoms with Crippen LogP contribution in [0.4, 0.5) is 10.6 Å². The quantitative estimate of drug-likeness (QED) is 0.0245. The molecule has 1 saturated carbocycles. The van der Waals surface area contributed by atoms with E-state index in [2.05, 4.69) is 26.6 Å². The first-order valence-electron chi connectivity index (χ1n) is 32.0. The number of rotatable bonds is 21. The summed E-state index contributed by atoms with van der Waals surface area (Å²) >= 11 is 6.97. The van der Waals surface area contributed by atoms with Crippen LogP contribution in [0.25, 0.3) is 43.4 Å². The van der Waals surface area contributed by atoms with Crippen molar-refractivity contribution in [2.24, 2.45) is 11.3 Å². The van der Waals surface area contributed by atoms with Crippen molar-refractivity contribution < 1.29 is 72.7 Å². The fourth-order valence-electron chi connectivity index (χ4n) is 11.5. The first-order valence-corrected chi connectivity index (χ1v) is 37.1. The van der Waals surface area contributed by atoms with Crippen molar-refractivity contribution in [3.8, 4) is 43.4 Å². The van der Waals surface area contributed by atoms with Gasteiger partial charge in [0.15, 0.2) is 0 Å². The minimum atomic E-state index is -1.32. The van der Waals surface area contributed by atoms with Crippen LogP contribution in [-0.2, 0) is 44.8 Å². The van der Waals surface area contributed by atoms with E-state index in [1.165, 1.54) is 48.8 Å². The third-order valence-corrected chi connectivity index (χ3v) is 22.5. The number of unbranched alkanes of at least 4 members (excludes halogenated alkanes) is 2. The molecule has 1 fully saturated rings. The normalized spacial score (nSPS) is 18.6. The summed E-state index contributed by atoms with van der Waals surface area (Å²) in [5.41, 5.74) is 1.40. The van der Waals surface area contributed by atoms with Gasteiger partial charge in [0, 0.05) is 65.5 Å². The molecule has 100 heavy (non-hydrogen) atoms. The monoisotopic (exact) mass is 1480 g/mol. The second-order valence-corrected chi connectivity index (χ2v) is 29.9. The highest BCUT2D eigenvalue weighted by Crippen LogP contribution is 2.44. The molecule has 528 valence electrons. The Balaban J connectivity index is 1.01. The van der Waals surface area contributed by atoms with Gasteiger partial charge < -0.3 is 56.1 Å². The van der Waals surface area contributed by atoms with E-state index in [-0.39, 0.29) is 79.1 Å². The molecule has 4 atom stereocenters. The fraction of sp³-hybridized carbons (Fsp3) is 0.424. The predicted octanol–water partition coefficient (Wildman–Crippen LogP) is 10.3. The van der Waals surface area contributed by atoms with Crippen LogP contribution in [0.3, 0.4) is 0 Å². The number of aryl methyl sites for hydroxylation is 1. The summed E-state index contributed by atoms with van der Waals surface area (Å²) in [6, 6.07) is 9.22. The number of hydrogen-bond acceptors (Lipinski definition) is 26.